The summed E-state index contributed by atoms with van der Waals surface area (Å²) in [6.07, 6.45) is -3.01. The number of nitro benzene ring substituents is 1. The Balaban J connectivity index is 1.60. The van der Waals surface area contributed by atoms with Crippen molar-refractivity contribution in [2.75, 3.05) is 10.2 Å². The second-order valence-corrected chi connectivity index (χ2v) is 10.2. The zero-order valence-corrected chi connectivity index (χ0v) is 21.3. The first-order valence-electron chi connectivity index (χ1n) is 11.3. The fraction of sp³-hybridized carbons (Fsp3) is 0.269. The molecule has 0 fully saturated rings. The summed E-state index contributed by atoms with van der Waals surface area (Å²) >= 11 is 12.3. The van der Waals surface area contributed by atoms with E-state index in [4.69, 9.17) is 23.2 Å². The van der Waals surface area contributed by atoms with Crippen molar-refractivity contribution in [1.29, 1.82) is 0 Å². The minimum Gasteiger partial charge on any atom is -0.362 e. The molecule has 0 spiro atoms. The smallest absolute Gasteiger partial charge is 0.362 e. The molecule has 6 nitrogen and oxygen atoms in total. The second kappa shape index (κ2) is 9.87. The second-order valence-electron chi connectivity index (χ2n) is 9.42. The lowest BCUT2D eigenvalue weighted by molar-refractivity contribution is -0.384. The van der Waals surface area contributed by atoms with Gasteiger partial charge in [0.25, 0.3) is 11.6 Å². The van der Waals surface area contributed by atoms with Gasteiger partial charge in [0.2, 0.25) is 0 Å². The number of non-ortho nitro benzene ring substituents is 1. The molecule has 0 bridgehead atoms. The number of carbonyl (C=O) groups excluding carboxylic acids is 1. The zero-order valence-electron chi connectivity index (χ0n) is 19.8. The molecule has 194 valence electrons. The number of nitrogens with one attached hydrogen (secondary N) is 1. The van der Waals surface area contributed by atoms with Crippen molar-refractivity contribution in [3.05, 3.63) is 97.0 Å². The SMILES string of the molecule is CC1(C)CCc2cc(NC(=O)c3cc([N+](=O)[O-])ccc3Cl)ccc2N1Cc1ccc(C(F)(F)F)cc1Cl. The van der Waals surface area contributed by atoms with Crippen LogP contribution >= 0.6 is 23.2 Å². The van der Waals surface area contributed by atoms with Gasteiger partial charge in [0.1, 0.15) is 0 Å². The van der Waals surface area contributed by atoms with Crippen LogP contribution in [0.25, 0.3) is 0 Å². The monoisotopic (exact) mass is 551 g/mol. The third-order valence-electron chi connectivity index (χ3n) is 6.48. The molecule has 4 rings (SSSR count). The third kappa shape index (κ3) is 5.67. The van der Waals surface area contributed by atoms with Gasteiger partial charge in [-0.1, -0.05) is 29.3 Å². The van der Waals surface area contributed by atoms with Crippen LogP contribution in [0.2, 0.25) is 10.0 Å². The molecule has 1 N–H and O–H groups in total. The van der Waals surface area contributed by atoms with Gasteiger partial charge in [-0.25, -0.2) is 0 Å². The average molecular weight is 552 g/mol. The highest BCUT2D eigenvalue weighted by Gasteiger charge is 2.34. The van der Waals surface area contributed by atoms with Crippen molar-refractivity contribution in [2.45, 2.75) is 44.9 Å². The summed E-state index contributed by atoms with van der Waals surface area (Å²) in [5.41, 5.74) is 1.48. The van der Waals surface area contributed by atoms with Crippen molar-refractivity contribution in [2.24, 2.45) is 0 Å². The Morgan fingerprint density at radius 3 is 2.46 bits per heavy atom. The van der Waals surface area contributed by atoms with Gasteiger partial charge in [0, 0.05) is 40.6 Å². The van der Waals surface area contributed by atoms with E-state index >= 15 is 0 Å². The first-order valence-corrected chi connectivity index (χ1v) is 12.0. The Kier molecular flexibility index (Phi) is 7.14. The number of nitrogens with zero attached hydrogens (tertiary/aromatic N) is 2. The van der Waals surface area contributed by atoms with E-state index in [-0.39, 0.29) is 26.8 Å². The number of anilines is 2. The van der Waals surface area contributed by atoms with Crippen molar-refractivity contribution < 1.29 is 22.9 Å². The molecule has 1 aliphatic heterocycles. The fourth-order valence-corrected chi connectivity index (χ4v) is 4.79. The predicted octanol–water partition coefficient (Wildman–Crippen LogP) is 7.90. The molecular formula is C26H22Cl2F3N3O3. The summed E-state index contributed by atoms with van der Waals surface area (Å²) in [4.78, 5) is 25.3. The molecule has 0 saturated carbocycles. The number of carbonyl (C=O) groups is 1. The third-order valence-corrected chi connectivity index (χ3v) is 7.16. The largest absolute Gasteiger partial charge is 0.416 e. The van der Waals surface area contributed by atoms with Crippen LogP contribution in [-0.2, 0) is 19.1 Å². The van der Waals surface area contributed by atoms with E-state index in [2.05, 4.69) is 10.2 Å². The summed E-state index contributed by atoms with van der Waals surface area (Å²) in [6, 6.07) is 12.3. The zero-order chi connectivity index (χ0) is 27.1. The van der Waals surface area contributed by atoms with Gasteiger partial charge in [-0.2, -0.15) is 13.2 Å². The molecule has 0 saturated heterocycles. The summed E-state index contributed by atoms with van der Waals surface area (Å²) in [6.45, 7) is 4.40. The first-order chi connectivity index (χ1) is 17.3. The number of benzene rings is 3. The Hall–Kier alpha value is -3.30. The molecule has 0 unspecified atom stereocenters. The van der Waals surface area contributed by atoms with Crippen molar-refractivity contribution in [3.63, 3.8) is 0 Å². The Morgan fingerprint density at radius 2 is 1.81 bits per heavy atom. The molecule has 1 heterocycles. The Bertz CT molecular complexity index is 1390. The van der Waals surface area contributed by atoms with Crippen LogP contribution in [0.1, 0.15) is 47.3 Å². The van der Waals surface area contributed by atoms with Gasteiger partial charge in [0.15, 0.2) is 0 Å². The molecule has 0 radical (unpaired) electrons. The van der Waals surface area contributed by atoms with E-state index in [0.29, 0.717) is 24.2 Å². The van der Waals surface area contributed by atoms with Gasteiger partial charge in [-0.3, -0.25) is 14.9 Å². The van der Waals surface area contributed by atoms with Crippen LogP contribution in [0, 0.1) is 10.1 Å². The van der Waals surface area contributed by atoms with Gasteiger partial charge in [-0.15, -0.1) is 0 Å². The lowest BCUT2D eigenvalue weighted by Crippen LogP contribution is -2.47. The highest BCUT2D eigenvalue weighted by atomic mass is 35.5. The molecule has 3 aromatic carbocycles. The Morgan fingerprint density at radius 1 is 1.08 bits per heavy atom. The van der Waals surface area contributed by atoms with Crippen LogP contribution in [-0.4, -0.2) is 16.4 Å². The molecule has 37 heavy (non-hydrogen) atoms. The number of halogens is 5. The van der Waals surface area contributed by atoms with E-state index < -0.39 is 22.6 Å². The highest BCUT2D eigenvalue weighted by molar-refractivity contribution is 6.34. The maximum absolute atomic E-state index is 13.1. The lowest BCUT2D eigenvalue weighted by Gasteiger charge is -2.45. The molecule has 1 aliphatic rings. The summed E-state index contributed by atoms with van der Waals surface area (Å²) < 4.78 is 39.2. The Labute approximate surface area is 221 Å². The van der Waals surface area contributed by atoms with Gasteiger partial charge < -0.3 is 10.2 Å². The molecule has 0 atom stereocenters. The quantitative estimate of drug-likeness (QED) is 0.258. The minimum absolute atomic E-state index is 0.0201. The number of hydrogen-bond acceptors (Lipinski definition) is 4. The van der Waals surface area contributed by atoms with E-state index in [1.54, 1.807) is 6.07 Å². The molecule has 1 amide bonds. The minimum atomic E-state index is -4.48. The van der Waals surface area contributed by atoms with Crippen molar-refractivity contribution in [1.82, 2.24) is 0 Å². The normalized spacial score (nSPS) is 14.7. The van der Waals surface area contributed by atoms with Crippen molar-refractivity contribution in [3.8, 4) is 0 Å². The van der Waals surface area contributed by atoms with Crippen LogP contribution in [0.4, 0.5) is 30.2 Å². The summed E-state index contributed by atoms with van der Waals surface area (Å²) in [5.74, 6) is -0.585. The first kappa shape index (κ1) is 26.8. The van der Waals surface area contributed by atoms with Crippen LogP contribution in [0.3, 0.4) is 0 Å². The van der Waals surface area contributed by atoms with E-state index in [9.17, 15) is 28.1 Å². The van der Waals surface area contributed by atoms with Gasteiger partial charge >= 0.3 is 6.18 Å². The van der Waals surface area contributed by atoms with Crippen LogP contribution in [0.5, 0.6) is 0 Å². The fourth-order valence-electron chi connectivity index (χ4n) is 4.35. The molecular weight excluding hydrogens is 530 g/mol. The predicted molar refractivity (Wildman–Crippen MR) is 138 cm³/mol. The van der Waals surface area contributed by atoms with E-state index in [0.717, 1.165) is 35.9 Å². The number of hydrogen-bond donors (Lipinski definition) is 1. The number of amides is 1. The topological polar surface area (TPSA) is 75.5 Å². The average Bonchev–Trinajstić information content (AvgIpc) is 2.81. The van der Waals surface area contributed by atoms with Crippen molar-refractivity contribution >= 4 is 46.2 Å². The molecule has 0 aliphatic carbocycles. The summed E-state index contributed by atoms with van der Waals surface area (Å²) in [7, 11) is 0. The number of alkyl halides is 3. The molecule has 0 aromatic heterocycles. The number of aryl methyl sites for hydroxylation is 1. The number of nitro groups is 1. The van der Waals surface area contributed by atoms with Crippen LogP contribution in [0.15, 0.2) is 54.6 Å². The highest BCUT2D eigenvalue weighted by Crippen LogP contribution is 2.40. The van der Waals surface area contributed by atoms with E-state index in [1.165, 1.54) is 18.2 Å². The number of fused-ring (bicyclic) bond motifs is 1. The van der Waals surface area contributed by atoms with E-state index in [1.807, 2.05) is 26.0 Å². The van der Waals surface area contributed by atoms with Gasteiger partial charge in [-0.05, 0) is 74.2 Å². The van der Waals surface area contributed by atoms with Gasteiger partial charge in [0.05, 0.1) is 21.1 Å². The molecule has 3 aromatic rings. The maximum atomic E-state index is 13.1. The molecule has 11 heteroatoms. The summed E-state index contributed by atoms with van der Waals surface area (Å²) in [5, 5.41) is 13.9. The number of rotatable bonds is 5. The standard InChI is InChI=1S/C26H22Cl2F3N3O3/c1-25(2)10-9-15-11-18(32-24(35)20-13-19(34(36)37)6-7-21(20)27)5-8-23(15)33(25)14-16-3-4-17(12-22(16)28)26(29,30)31/h3-8,11-13H,9-10,14H2,1-2H3,(H,32,35). The maximum Gasteiger partial charge on any atom is 0.416 e. The lowest BCUT2D eigenvalue weighted by atomic mass is 9.86. The van der Waals surface area contributed by atoms with Crippen LogP contribution < -0.4 is 10.2 Å².